The first kappa shape index (κ1) is 16.3. The van der Waals surface area contributed by atoms with Crippen LogP contribution >= 0.6 is 0 Å². The zero-order valence-electron chi connectivity index (χ0n) is 13.0. The molecule has 1 heterocycles. The molecule has 2 atom stereocenters. The molecule has 0 aliphatic carbocycles. The average Bonchev–Trinajstić information content (AvgIpc) is 2.57. The van der Waals surface area contributed by atoms with Crippen LogP contribution in [0.2, 0.25) is 0 Å². The summed E-state index contributed by atoms with van der Waals surface area (Å²) in [6.45, 7) is 8.03. The van der Waals surface area contributed by atoms with Gasteiger partial charge < -0.3 is 4.74 Å². The first-order valence-electron chi connectivity index (χ1n) is 7.25. The molecule has 0 aromatic heterocycles. The van der Waals surface area contributed by atoms with Crippen LogP contribution in [0, 0.1) is 17.6 Å². The summed E-state index contributed by atoms with van der Waals surface area (Å²) in [5.74, 6) is 4.65. The Morgan fingerprint density at radius 3 is 2.29 bits per heavy atom. The number of benzene rings is 1. The van der Waals surface area contributed by atoms with Crippen LogP contribution in [0.25, 0.3) is 0 Å². The monoisotopic (exact) mass is 298 g/mol. The lowest BCUT2D eigenvalue weighted by atomic mass is 9.79. The van der Waals surface area contributed by atoms with Crippen molar-refractivity contribution in [2.45, 2.75) is 57.8 Å². The average molecular weight is 298 g/mol. The van der Waals surface area contributed by atoms with Gasteiger partial charge in [-0.25, -0.2) is 8.78 Å². The third kappa shape index (κ3) is 3.42. The maximum absolute atomic E-state index is 13.8. The molecule has 2 rings (SSSR count). The van der Waals surface area contributed by atoms with Gasteiger partial charge in [0.25, 0.3) is 0 Å². The lowest BCUT2D eigenvalue weighted by Gasteiger charge is -2.32. The Labute approximate surface area is 124 Å². The smallest absolute Gasteiger partial charge is 0.129 e. The number of nitrogens with one attached hydrogen (secondary N) is 1. The summed E-state index contributed by atoms with van der Waals surface area (Å²) in [6, 6.07) is 3.65. The molecule has 0 saturated carbocycles. The molecule has 1 aliphatic heterocycles. The molecule has 1 aromatic rings. The second-order valence-corrected chi connectivity index (χ2v) is 6.95. The molecule has 1 saturated heterocycles. The minimum atomic E-state index is -0.536. The second kappa shape index (κ2) is 5.63. The van der Waals surface area contributed by atoms with Crippen molar-refractivity contribution in [3.8, 4) is 0 Å². The molecule has 21 heavy (non-hydrogen) atoms. The van der Waals surface area contributed by atoms with Gasteiger partial charge in [0.2, 0.25) is 0 Å². The van der Waals surface area contributed by atoms with Gasteiger partial charge in [-0.15, -0.1) is 0 Å². The summed E-state index contributed by atoms with van der Waals surface area (Å²) in [4.78, 5) is 0. The molecule has 0 bridgehead atoms. The molecule has 0 radical (unpaired) electrons. The molecule has 0 amide bonds. The number of rotatable bonds is 4. The number of hydrogen-bond acceptors (Lipinski definition) is 3. The molecule has 0 spiro atoms. The molecule has 1 aromatic carbocycles. The van der Waals surface area contributed by atoms with Crippen LogP contribution in [0.3, 0.4) is 0 Å². The molecular formula is C16H24F2N2O. The van der Waals surface area contributed by atoms with Crippen molar-refractivity contribution in [3.05, 3.63) is 35.4 Å². The lowest BCUT2D eigenvalue weighted by molar-refractivity contribution is -0.0777. The van der Waals surface area contributed by atoms with Crippen molar-refractivity contribution < 1.29 is 13.5 Å². The highest BCUT2D eigenvalue weighted by atomic mass is 19.1. The SMILES string of the molecule is CC1(C)CC(C(Cc2c(F)cccc2F)NN)C(C)(C)O1. The van der Waals surface area contributed by atoms with E-state index in [0.29, 0.717) is 0 Å². The Bertz CT molecular complexity index is 497. The topological polar surface area (TPSA) is 47.3 Å². The molecule has 118 valence electrons. The van der Waals surface area contributed by atoms with Crippen LogP contribution in [-0.4, -0.2) is 17.2 Å². The molecule has 2 unspecified atom stereocenters. The fraction of sp³-hybridized carbons (Fsp3) is 0.625. The van der Waals surface area contributed by atoms with Gasteiger partial charge in [-0.1, -0.05) is 6.07 Å². The van der Waals surface area contributed by atoms with E-state index in [0.717, 1.165) is 6.42 Å². The Hall–Kier alpha value is -1.04. The highest BCUT2D eigenvalue weighted by Gasteiger charge is 2.48. The maximum Gasteiger partial charge on any atom is 0.129 e. The fourth-order valence-electron chi connectivity index (χ4n) is 3.50. The molecule has 1 fully saturated rings. The quantitative estimate of drug-likeness (QED) is 0.663. The predicted octanol–water partition coefficient (Wildman–Crippen LogP) is 2.93. The number of nitrogens with two attached hydrogens (primary N) is 1. The van der Waals surface area contributed by atoms with Crippen molar-refractivity contribution >= 4 is 0 Å². The van der Waals surface area contributed by atoms with Crippen LogP contribution in [-0.2, 0) is 11.2 Å². The van der Waals surface area contributed by atoms with Crippen molar-refractivity contribution in [1.82, 2.24) is 5.43 Å². The summed E-state index contributed by atoms with van der Waals surface area (Å²) in [5.41, 5.74) is 2.13. The summed E-state index contributed by atoms with van der Waals surface area (Å²) in [5, 5.41) is 0. The van der Waals surface area contributed by atoms with Crippen molar-refractivity contribution in [2.24, 2.45) is 11.8 Å². The minimum absolute atomic E-state index is 0.0662. The second-order valence-electron chi connectivity index (χ2n) is 6.95. The highest BCUT2D eigenvalue weighted by molar-refractivity contribution is 5.21. The van der Waals surface area contributed by atoms with Crippen LogP contribution in [0.15, 0.2) is 18.2 Å². The first-order chi connectivity index (χ1) is 9.66. The Morgan fingerprint density at radius 1 is 1.29 bits per heavy atom. The Balaban J connectivity index is 2.25. The third-order valence-corrected chi connectivity index (χ3v) is 4.33. The lowest BCUT2D eigenvalue weighted by Crippen LogP contribution is -2.48. The molecule has 5 heteroatoms. The van der Waals surface area contributed by atoms with Gasteiger partial charge in [0, 0.05) is 17.5 Å². The van der Waals surface area contributed by atoms with Crippen LogP contribution in [0.4, 0.5) is 8.78 Å². The van der Waals surface area contributed by atoms with E-state index in [1.165, 1.54) is 18.2 Å². The van der Waals surface area contributed by atoms with Crippen LogP contribution in [0.1, 0.15) is 39.7 Å². The summed E-state index contributed by atoms with van der Waals surface area (Å²) in [7, 11) is 0. The normalized spacial score (nSPS) is 25.0. The number of ether oxygens (including phenoxy) is 1. The zero-order chi connectivity index (χ0) is 15.8. The third-order valence-electron chi connectivity index (χ3n) is 4.33. The van der Waals surface area contributed by atoms with Gasteiger partial charge in [-0.05, 0) is 52.7 Å². The maximum atomic E-state index is 13.8. The zero-order valence-corrected chi connectivity index (χ0v) is 13.0. The summed E-state index contributed by atoms with van der Waals surface area (Å²) in [6.07, 6.45) is 0.980. The summed E-state index contributed by atoms with van der Waals surface area (Å²) < 4.78 is 33.7. The van der Waals surface area contributed by atoms with Crippen molar-refractivity contribution in [3.63, 3.8) is 0 Å². The van der Waals surface area contributed by atoms with E-state index in [1.54, 1.807) is 0 Å². The Kier molecular flexibility index (Phi) is 4.38. The highest BCUT2D eigenvalue weighted by Crippen LogP contribution is 2.44. The van der Waals surface area contributed by atoms with E-state index in [4.69, 9.17) is 10.6 Å². The Morgan fingerprint density at radius 2 is 1.86 bits per heavy atom. The van der Waals surface area contributed by atoms with Gasteiger partial charge in [0.05, 0.1) is 11.2 Å². The van der Waals surface area contributed by atoms with Gasteiger partial charge in [0.1, 0.15) is 11.6 Å². The van der Waals surface area contributed by atoms with Crippen molar-refractivity contribution in [1.29, 1.82) is 0 Å². The minimum Gasteiger partial charge on any atom is -0.369 e. The molecular weight excluding hydrogens is 274 g/mol. The fourth-order valence-corrected chi connectivity index (χ4v) is 3.50. The van der Waals surface area contributed by atoms with E-state index in [1.807, 2.05) is 27.7 Å². The van der Waals surface area contributed by atoms with E-state index in [-0.39, 0.29) is 29.5 Å². The van der Waals surface area contributed by atoms with Crippen LogP contribution in [0.5, 0.6) is 0 Å². The standard InChI is InChI=1S/C16H24F2N2O/c1-15(2)9-11(16(3,4)21-15)14(20-19)8-10-12(17)6-5-7-13(10)18/h5-7,11,14,20H,8-9,19H2,1-4H3. The molecule has 3 N–H and O–H groups in total. The van der Waals surface area contributed by atoms with Gasteiger partial charge in [-0.3, -0.25) is 11.3 Å². The van der Waals surface area contributed by atoms with E-state index in [9.17, 15) is 8.78 Å². The number of hydrogen-bond donors (Lipinski definition) is 2. The largest absolute Gasteiger partial charge is 0.369 e. The predicted molar refractivity (Wildman–Crippen MR) is 78.5 cm³/mol. The van der Waals surface area contributed by atoms with Gasteiger partial charge >= 0.3 is 0 Å². The molecule has 1 aliphatic rings. The van der Waals surface area contributed by atoms with Crippen LogP contribution < -0.4 is 11.3 Å². The van der Waals surface area contributed by atoms with Crippen molar-refractivity contribution in [2.75, 3.05) is 0 Å². The molecule has 3 nitrogen and oxygen atoms in total. The van der Waals surface area contributed by atoms with E-state index in [2.05, 4.69) is 5.43 Å². The van der Waals surface area contributed by atoms with E-state index >= 15 is 0 Å². The number of hydrazine groups is 1. The number of halogens is 2. The van der Waals surface area contributed by atoms with Gasteiger partial charge in [-0.2, -0.15) is 0 Å². The van der Waals surface area contributed by atoms with Gasteiger partial charge in [0.15, 0.2) is 0 Å². The first-order valence-corrected chi connectivity index (χ1v) is 7.25. The van der Waals surface area contributed by atoms with E-state index < -0.39 is 17.2 Å². The summed E-state index contributed by atoms with van der Waals surface area (Å²) >= 11 is 0.